The fourth-order valence-electron chi connectivity index (χ4n) is 11.3. The van der Waals surface area contributed by atoms with Crippen LogP contribution in [0.4, 0.5) is 0 Å². The summed E-state index contributed by atoms with van der Waals surface area (Å²) in [7, 11) is 0. The smallest absolute Gasteiger partial charge is 0.261 e. The second-order valence-corrected chi connectivity index (χ2v) is 26.6. The normalized spacial score (nSPS) is 14.9. The summed E-state index contributed by atoms with van der Waals surface area (Å²) in [6, 6.07) is 8.48. The molecule has 0 saturated heterocycles. The van der Waals surface area contributed by atoms with E-state index in [2.05, 4.69) is 93.6 Å². The lowest BCUT2D eigenvalue weighted by Crippen LogP contribution is -2.34. The van der Waals surface area contributed by atoms with Gasteiger partial charge in [0, 0.05) is 13.1 Å². The number of carbonyl (C=O) groups is 2. The molecule has 0 aliphatic carbocycles. The van der Waals surface area contributed by atoms with E-state index in [4.69, 9.17) is 0 Å². The van der Waals surface area contributed by atoms with E-state index in [1.165, 1.54) is 231 Å². The molecule has 2 atom stereocenters. The molecule has 0 radical (unpaired) electrons. The first-order valence-electron chi connectivity index (χ1n) is 30.0. The number of thiophene rings is 2. The van der Waals surface area contributed by atoms with Gasteiger partial charge in [0.25, 0.3) is 11.8 Å². The van der Waals surface area contributed by atoms with Crippen LogP contribution in [0, 0.1) is 11.8 Å². The van der Waals surface area contributed by atoms with Crippen molar-refractivity contribution in [3.05, 3.63) is 52.7 Å². The Morgan fingerprint density at radius 3 is 0.800 bits per heavy atom. The highest BCUT2D eigenvalue weighted by Gasteiger charge is 2.50. The molecule has 2 aliphatic heterocycles. The van der Waals surface area contributed by atoms with E-state index in [1.807, 2.05) is 0 Å². The number of hydrogen-bond acceptors (Lipinski definition) is 4. The minimum absolute atomic E-state index is 0.0446. The minimum atomic E-state index is 0.0446. The van der Waals surface area contributed by atoms with Crippen LogP contribution in [0.1, 0.15) is 294 Å². The maximum absolute atomic E-state index is 15.5. The van der Waals surface area contributed by atoms with Gasteiger partial charge in [-0.25, -0.2) is 0 Å². The molecule has 2 aromatic heterocycles. The Hall–Kier alpha value is -1.22. The van der Waals surface area contributed by atoms with Gasteiger partial charge in [0.15, 0.2) is 0 Å². The highest BCUT2D eigenvalue weighted by atomic mass is 79.9. The molecule has 2 aliphatic rings. The molecule has 0 aromatic carbocycles. The van der Waals surface area contributed by atoms with Gasteiger partial charge in [-0.1, -0.05) is 259 Å². The second kappa shape index (κ2) is 38.3. The lowest BCUT2D eigenvalue weighted by Gasteiger charge is -2.29. The molecular weight excluding hydrogens is 1030 g/mol. The van der Waals surface area contributed by atoms with E-state index in [1.54, 1.807) is 22.7 Å². The Morgan fingerprint density at radius 1 is 0.357 bits per heavy atom. The Bertz CT molecular complexity index is 1640. The fourth-order valence-corrected chi connectivity index (χ4v) is 14.2. The summed E-state index contributed by atoms with van der Waals surface area (Å²) in [5.74, 6) is 0.921. The summed E-state index contributed by atoms with van der Waals surface area (Å²) >= 11 is 10.9. The topological polar surface area (TPSA) is 40.6 Å². The first-order chi connectivity index (χ1) is 34.3. The van der Waals surface area contributed by atoms with Crippen LogP contribution in [0.15, 0.2) is 43.0 Å². The van der Waals surface area contributed by atoms with E-state index in [0.29, 0.717) is 36.1 Å². The molecule has 0 bridgehead atoms. The van der Waals surface area contributed by atoms with E-state index < -0.39 is 0 Å². The molecule has 0 spiro atoms. The van der Waals surface area contributed by atoms with E-state index in [-0.39, 0.29) is 11.8 Å². The number of hydrogen-bond donors (Lipinski definition) is 0. The van der Waals surface area contributed by atoms with Gasteiger partial charge >= 0.3 is 0 Å². The standard InChI is InChI=1S/C62H102Br2N2O2S2/c1-5-9-13-17-21-25-27-31-35-39-43-51(41-37-33-29-23-19-15-11-7-3)49-65-59(53-45-47-55(63)69-53)57-58(61(65)67)60(54-46-48-56(64)70-54)66(62(57)68)50-52(42-38-34-30-24-20-16-12-8-4)44-40-36-32-28-26-22-18-14-10-6-2/h45-48,51-52H,5-44,49-50H2,1-4H3. The average Bonchev–Trinajstić information content (AvgIpc) is 4.12. The van der Waals surface area contributed by atoms with Crippen molar-refractivity contribution >= 4 is 77.7 Å². The third kappa shape index (κ3) is 22.7. The minimum Gasteiger partial charge on any atom is -0.306 e. The van der Waals surface area contributed by atoms with Crippen molar-refractivity contribution in [3.8, 4) is 0 Å². The molecule has 8 heteroatoms. The van der Waals surface area contributed by atoms with Crippen LogP contribution in [0.2, 0.25) is 0 Å². The van der Waals surface area contributed by atoms with Crippen molar-refractivity contribution in [2.24, 2.45) is 11.8 Å². The van der Waals surface area contributed by atoms with Crippen LogP contribution < -0.4 is 0 Å². The van der Waals surface area contributed by atoms with Gasteiger partial charge in [-0.2, -0.15) is 0 Å². The number of halogens is 2. The van der Waals surface area contributed by atoms with Gasteiger partial charge in [0.05, 0.1) is 39.9 Å². The van der Waals surface area contributed by atoms with Gasteiger partial charge in [-0.3, -0.25) is 9.59 Å². The molecule has 0 N–H and O–H groups in total. The molecule has 4 rings (SSSR count). The van der Waals surface area contributed by atoms with Gasteiger partial charge in [0.2, 0.25) is 0 Å². The number of carbonyl (C=O) groups excluding carboxylic acids is 2. The van der Waals surface area contributed by atoms with Crippen LogP contribution in [0.5, 0.6) is 0 Å². The lowest BCUT2D eigenvalue weighted by molar-refractivity contribution is -0.124. The second-order valence-electron chi connectivity index (χ2n) is 21.7. The average molecular weight is 1130 g/mol. The van der Waals surface area contributed by atoms with Crippen LogP contribution in [-0.2, 0) is 9.59 Å². The number of unbranched alkanes of at least 4 members (excludes halogenated alkanes) is 32. The molecule has 4 heterocycles. The molecule has 4 nitrogen and oxygen atoms in total. The van der Waals surface area contributed by atoms with Crippen LogP contribution >= 0.6 is 54.5 Å². The summed E-state index contributed by atoms with van der Waals surface area (Å²) < 4.78 is 2.07. The SMILES string of the molecule is CCCCCCCCCCCCC(CCCCCCCCCC)CN1C(=O)C2=C(c3ccc(Br)s3)N(CC(CCCCCCCCCC)CCCCCCCCCCCC)C(=O)C2=C1c1ccc(Br)s1. The van der Waals surface area contributed by atoms with Crippen molar-refractivity contribution in [1.82, 2.24) is 9.80 Å². The van der Waals surface area contributed by atoms with Crippen molar-refractivity contribution in [2.75, 3.05) is 13.1 Å². The van der Waals surface area contributed by atoms with Crippen molar-refractivity contribution in [1.29, 1.82) is 0 Å². The summed E-state index contributed by atoms with van der Waals surface area (Å²) in [6.07, 6.45) is 52.3. The van der Waals surface area contributed by atoms with Crippen molar-refractivity contribution < 1.29 is 9.59 Å². The molecule has 2 unspecified atom stereocenters. The first-order valence-corrected chi connectivity index (χ1v) is 33.2. The quantitative estimate of drug-likeness (QED) is 0.0620. The zero-order valence-electron chi connectivity index (χ0n) is 45.4. The maximum atomic E-state index is 15.5. The number of fused-ring (bicyclic) bond motifs is 1. The third-order valence-corrected chi connectivity index (χ3v) is 18.8. The maximum Gasteiger partial charge on any atom is 0.261 e. The molecule has 2 aromatic rings. The van der Waals surface area contributed by atoms with Crippen molar-refractivity contribution in [2.45, 2.75) is 285 Å². The third-order valence-electron chi connectivity index (χ3n) is 15.5. The van der Waals surface area contributed by atoms with Gasteiger partial charge in [0.1, 0.15) is 0 Å². The van der Waals surface area contributed by atoms with Crippen LogP contribution in [0.3, 0.4) is 0 Å². The van der Waals surface area contributed by atoms with E-state index in [9.17, 15) is 0 Å². The van der Waals surface area contributed by atoms with E-state index in [0.717, 1.165) is 54.4 Å². The number of nitrogens with zero attached hydrogens (tertiary/aromatic N) is 2. The Kier molecular flexibility index (Phi) is 33.6. The molecule has 0 fully saturated rings. The summed E-state index contributed by atoms with van der Waals surface area (Å²) in [4.78, 5) is 37.2. The highest BCUT2D eigenvalue weighted by molar-refractivity contribution is 9.11. The fraction of sp³-hybridized carbons (Fsp3) is 0.774. The Morgan fingerprint density at radius 2 is 0.586 bits per heavy atom. The monoisotopic (exact) mass is 1130 g/mol. The summed E-state index contributed by atoms with van der Waals surface area (Å²) in [5.41, 5.74) is 3.06. The van der Waals surface area contributed by atoms with Gasteiger partial charge < -0.3 is 9.80 Å². The van der Waals surface area contributed by atoms with Gasteiger partial charge in [-0.15, -0.1) is 22.7 Å². The summed E-state index contributed by atoms with van der Waals surface area (Å²) in [6.45, 7) is 10.6. The van der Waals surface area contributed by atoms with Crippen LogP contribution in [0.25, 0.3) is 11.4 Å². The molecular formula is C62H102Br2N2O2S2. The van der Waals surface area contributed by atoms with Crippen molar-refractivity contribution in [3.63, 3.8) is 0 Å². The van der Waals surface area contributed by atoms with E-state index >= 15 is 9.59 Å². The van der Waals surface area contributed by atoms with Gasteiger partial charge in [-0.05, 0) is 93.6 Å². The zero-order chi connectivity index (χ0) is 50.0. The summed E-state index contributed by atoms with van der Waals surface area (Å²) in [5, 5.41) is 0. The number of rotatable bonds is 46. The number of amides is 2. The Balaban J connectivity index is 1.56. The molecule has 398 valence electrons. The highest BCUT2D eigenvalue weighted by Crippen LogP contribution is 2.50. The first kappa shape index (κ1) is 61.3. The lowest BCUT2D eigenvalue weighted by atomic mass is 9.93. The predicted molar refractivity (Wildman–Crippen MR) is 316 cm³/mol. The largest absolute Gasteiger partial charge is 0.306 e. The molecule has 2 amide bonds. The molecule has 0 saturated carbocycles. The predicted octanol–water partition coefficient (Wildman–Crippen LogP) is 22.1. The zero-order valence-corrected chi connectivity index (χ0v) is 50.3. The van der Waals surface area contributed by atoms with Crippen LogP contribution in [-0.4, -0.2) is 34.7 Å². The molecule has 70 heavy (non-hydrogen) atoms. The Labute approximate surface area is 456 Å².